The Morgan fingerprint density at radius 3 is 2.25 bits per heavy atom. The Balaban J connectivity index is 2.62. The van der Waals surface area contributed by atoms with Crippen LogP contribution in [0.2, 0.25) is 5.02 Å². The Labute approximate surface area is 94.9 Å². The van der Waals surface area contributed by atoms with Gasteiger partial charge in [0.15, 0.2) is 0 Å². The highest BCUT2D eigenvalue weighted by Gasteiger charge is 2.33. The summed E-state index contributed by atoms with van der Waals surface area (Å²) in [6.07, 6.45) is -1.48. The molecular formula is C11H7ClF3N. The Hall–Kier alpha value is -1.42. The smallest absolute Gasteiger partial charge is 0.366 e. The molecule has 0 radical (unpaired) electrons. The molecule has 2 rings (SSSR count). The maximum atomic E-state index is 12.7. The summed E-state index contributed by atoms with van der Waals surface area (Å²) in [4.78, 5) is 2.68. The first kappa shape index (κ1) is 11.1. The molecule has 0 unspecified atom stereocenters. The number of hydrogen-bond acceptors (Lipinski definition) is 0. The largest absolute Gasteiger partial charge is 0.417 e. The fourth-order valence-corrected chi connectivity index (χ4v) is 1.74. The minimum atomic E-state index is -4.38. The van der Waals surface area contributed by atoms with E-state index in [1.807, 2.05) is 0 Å². The minimum Gasteiger partial charge on any atom is -0.366 e. The van der Waals surface area contributed by atoms with Crippen molar-refractivity contribution in [3.8, 4) is 11.1 Å². The first-order chi connectivity index (χ1) is 7.50. The highest BCUT2D eigenvalue weighted by atomic mass is 35.5. The average molecular weight is 246 g/mol. The summed E-state index contributed by atoms with van der Waals surface area (Å²) in [5.74, 6) is 0. The van der Waals surface area contributed by atoms with Gasteiger partial charge in [0.2, 0.25) is 0 Å². The molecular weight excluding hydrogens is 239 g/mol. The minimum absolute atomic E-state index is 0.0845. The zero-order valence-electron chi connectivity index (χ0n) is 7.98. The van der Waals surface area contributed by atoms with Crippen LogP contribution in [-0.4, -0.2) is 4.98 Å². The van der Waals surface area contributed by atoms with Crippen LogP contribution < -0.4 is 0 Å². The fraction of sp³-hybridized carbons (Fsp3) is 0.0909. The van der Waals surface area contributed by atoms with Crippen molar-refractivity contribution in [1.29, 1.82) is 0 Å². The highest BCUT2D eigenvalue weighted by molar-refractivity contribution is 6.33. The van der Waals surface area contributed by atoms with Gasteiger partial charge in [-0.25, -0.2) is 0 Å². The van der Waals surface area contributed by atoms with Crippen molar-refractivity contribution in [2.45, 2.75) is 6.18 Å². The van der Waals surface area contributed by atoms with E-state index in [2.05, 4.69) is 4.98 Å². The van der Waals surface area contributed by atoms with Crippen LogP contribution in [0, 0.1) is 0 Å². The van der Waals surface area contributed by atoms with E-state index < -0.39 is 11.7 Å². The van der Waals surface area contributed by atoms with E-state index in [0.29, 0.717) is 5.56 Å². The first-order valence-electron chi connectivity index (χ1n) is 4.49. The molecule has 1 N–H and O–H groups in total. The van der Waals surface area contributed by atoms with Crippen molar-refractivity contribution in [1.82, 2.24) is 4.98 Å². The van der Waals surface area contributed by atoms with Crippen molar-refractivity contribution in [2.75, 3.05) is 0 Å². The zero-order valence-corrected chi connectivity index (χ0v) is 8.73. The molecule has 0 atom stereocenters. The fourth-order valence-electron chi connectivity index (χ4n) is 1.52. The third kappa shape index (κ3) is 1.93. The summed E-state index contributed by atoms with van der Waals surface area (Å²) >= 11 is 5.80. The number of halogens is 4. The number of rotatable bonds is 1. The van der Waals surface area contributed by atoms with Gasteiger partial charge in [0.1, 0.15) is 0 Å². The van der Waals surface area contributed by atoms with Crippen molar-refractivity contribution in [2.24, 2.45) is 0 Å². The summed E-state index contributed by atoms with van der Waals surface area (Å²) in [6.45, 7) is 0. The van der Waals surface area contributed by atoms with Crippen LogP contribution in [0.15, 0.2) is 36.7 Å². The Morgan fingerprint density at radius 2 is 1.69 bits per heavy atom. The molecule has 5 heteroatoms. The standard InChI is InChI=1S/C11H7ClF3N/c12-10-6-16-5-8(10)7-3-1-2-4-9(7)11(13,14)15/h1-6,16H. The summed E-state index contributed by atoms with van der Waals surface area (Å²) < 4.78 is 38.2. The second kappa shape index (κ2) is 3.87. The summed E-state index contributed by atoms with van der Waals surface area (Å²) in [5, 5.41) is 0.275. The second-order valence-electron chi connectivity index (χ2n) is 3.26. The van der Waals surface area contributed by atoms with Gasteiger partial charge in [-0.05, 0) is 11.6 Å². The van der Waals surface area contributed by atoms with Crippen LogP contribution in [0.25, 0.3) is 11.1 Å². The van der Waals surface area contributed by atoms with Gasteiger partial charge in [0, 0.05) is 18.0 Å². The van der Waals surface area contributed by atoms with E-state index >= 15 is 0 Å². The predicted octanol–water partition coefficient (Wildman–Crippen LogP) is 4.35. The number of aromatic amines is 1. The summed E-state index contributed by atoms with van der Waals surface area (Å²) in [5.41, 5.74) is -0.243. The molecule has 0 saturated carbocycles. The Kier molecular flexibility index (Phi) is 2.68. The van der Waals surface area contributed by atoms with Gasteiger partial charge in [-0.2, -0.15) is 13.2 Å². The molecule has 0 aliphatic heterocycles. The van der Waals surface area contributed by atoms with Crippen LogP contribution in [0.4, 0.5) is 13.2 Å². The first-order valence-corrected chi connectivity index (χ1v) is 4.87. The molecule has 0 fully saturated rings. The molecule has 0 amide bonds. The van der Waals surface area contributed by atoms with Gasteiger partial charge < -0.3 is 4.98 Å². The molecule has 1 aromatic carbocycles. The van der Waals surface area contributed by atoms with Crippen LogP contribution in [0.5, 0.6) is 0 Å². The number of benzene rings is 1. The number of nitrogens with one attached hydrogen (secondary N) is 1. The zero-order chi connectivity index (χ0) is 11.8. The lowest BCUT2D eigenvalue weighted by Crippen LogP contribution is -2.06. The topological polar surface area (TPSA) is 15.8 Å². The van der Waals surface area contributed by atoms with Crippen LogP contribution in [-0.2, 0) is 6.18 Å². The Morgan fingerprint density at radius 1 is 1.00 bits per heavy atom. The van der Waals surface area contributed by atoms with Crippen molar-refractivity contribution < 1.29 is 13.2 Å². The maximum absolute atomic E-state index is 12.7. The van der Waals surface area contributed by atoms with Crippen molar-refractivity contribution in [3.05, 3.63) is 47.2 Å². The van der Waals surface area contributed by atoms with E-state index in [4.69, 9.17) is 11.6 Å². The van der Waals surface area contributed by atoms with E-state index in [1.165, 1.54) is 24.5 Å². The molecule has 1 heterocycles. The predicted molar refractivity (Wildman–Crippen MR) is 56.2 cm³/mol. The molecule has 84 valence electrons. The molecule has 0 spiro atoms. The Bertz CT molecular complexity index is 502. The third-order valence-electron chi connectivity index (χ3n) is 2.22. The SMILES string of the molecule is FC(F)(F)c1ccccc1-c1c[nH]cc1Cl. The lowest BCUT2D eigenvalue weighted by atomic mass is 10.0. The van der Waals surface area contributed by atoms with Crippen LogP contribution >= 0.6 is 11.6 Å². The van der Waals surface area contributed by atoms with Gasteiger partial charge in [0.25, 0.3) is 0 Å². The average Bonchev–Trinajstić information content (AvgIpc) is 2.63. The molecule has 0 bridgehead atoms. The molecule has 0 aliphatic carbocycles. The van der Waals surface area contributed by atoms with Crippen molar-refractivity contribution >= 4 is 11.6 Å². The van der Waals surface area contributed by atoms with Gasteiger partial charge in [-0.1, -0.05) is 29.8 Å². The van der Waals surface area contributed by atoms with Gasteiger partial charge >= 0.3 is 6.18 Å². The number of alkyl halides is 3. The lowest BCUT2D eigenvalue weighted by molar-refractivity contribution is -0.137. The summed E-state index contributed by atoms with van der Waals surface area (Å²) in [7, 11) is 0. The normalized spacial score (nSPS) is 11.8. The summed E-state index contributed by atoms with van der Waals surface area (Å²) in [6, 6.07) is 5.34. The number of H-pyrrole nitrogens is 1. The van der Waals surface area contributed by atoms with Crippen molar-refractivity contribution in [3.63, 3.8) is 0 Å². The van der Waals surface area contributed by atoms with Crippen LogP contribution in [0.1, 0.15) is 5.56 Å². The van der Waals surface area contributed by atoms with E-state index in [9.17, 15) is 13.2 Å². The molecule has 0 saturated heterocycles. The van der Waals surface area contributed by atoms with E-state index in [0.717, 1.165) is 6.07 Å². The van der Waals surface area contributed by atoms with Gasteiger partial charge in [0.05, 0.1) is 10.6 Å². The molecule has 1 nitrogen and oxygen atoms in total. The molecule has 16 heavy (non-hydrogen) atoms. The number of hydrogen-bond donors (Lipinski definition) is 1. The monoisotopic (exact) mass is 245 g/mol. The number of aromatic nitrogens is 1. The quantitative estimate of drug-likeness (QED) is 0.769. The maximum Gasteiger partial charge on any atom is 0.417 e. The lowest BCUT2D eigenvalue weighted by Gasteiger charge is -2.11. The van der Waals surface area contributed by atoms with Crippen LogP contribution in [0.3, 0.4) is 0 Å². The molecule has 2 aromatic rings. The molecule has 1 aromatic heterocycles. The molecule has 0 aliphatic rings. The van der Waals surface area contributed by atoms with Gasteiger partial charge in [-0.15, -0.1) is 0 Å². The van der Waals surface area contributed by atoms with Gasteiger partial charge in [-0.3, -0.25) is 0 Å². The third-order valence-corrected chi connectivity index (χ3v) is 2.53. The van der Waals surface area contributed by atoms with E-state index in [1.54, 1.807) is 6.07 Å². The second-order valence-corrected chi connectivity index (χ2v) is 3.67. The highest BCUT2D eigenvalue weighted by Crippen LogP contribution is 2.38. The van der Waals surface area contributed by atoms with E-state index in [-0.39, 0.29) is 10.6 Å².